The Kier molecular flexibility index (Phi) is 4.31. The van der Waals surface area contributed by atoms with Gasteiger partial charge in [-0.25, -0.2) is 0 Å². The van der Waals surface area contributed by atoms with Crippen LogP contribution in [-0.2, 0) is 0 Å². The van der Waals surface area contributed by atoms with E-state index in [2.05, 4.69) is 5.32 Å². The van der Waals surface area contributed by atoms with Crippen molar-refractivity contribution in [2.24, 2.45) is 5.92 Å². The number of phenols is 1. The fourth-order valence-electron chi connectivity index (χ4n) is 1.18. The van der Waals surface area contributed by atoms with Gasteiger partial charge in [-0.3, -0.25) is 4.79 Å². The molecule has 1 unspecified atom stereocenters. The van der Waals surface area contributed by atoms with Crippen LogP contribution in [0.5, 0.6) is 5.75 Å². The molecule has 0 saturated carbocycles. The number of aromatic hydroxyl groups is 1. The summed E-state index contributed by atoms with van der Waals surface area (Å²) in [4.78, 5) is 11.6. The van der Waals surface area contributed by atoms with Crippen molar-refractivity contribution in [2.45, 2.75) is 13.8 Å². The van der Waals surface area contributed by atoms with E-state index >= 15 is 0 Å². The molecule has 0 radical (unpaired) electrons. The lowest BCUT2D eigenvalue weighted by atomic mass is 10.1. The number of nitrogens with one attached hydrogen (secondary N) is 1. The number of carbonyl (C=O) groups is 1. The largest absolute Gasteiger partial charge is 0.508 e. The maximum atomic E-state index is 11.6. The van der Waals surface area contributed by atoms with Crippen molar-refractivity contribution in [3.05, 3.63) is 29.3 Å². The molecule has 0 spiro atoms. The summed E-state index contributed by atoms with van der Waals surface area (Å²) in [5, 5.41) is 20.9. The molecule has 88 valence electrons. The van der Waals surface area contributed by atoms with E-state index in [4.69, 9.17) is 5.11 Å². The lowest BCUT2D eigenvalue weighted by Gasteiger charge is -2.10. The van der Waals surface area contributed by atoms with Crippen LogP contribution in [0.25, 0.3) is 0 Å². The second-order valence-electron chi connectivity index (χ2n) is 4.00. The number of aryl methyl sites for hydroxylation is 1. The molecule has 1 aromatic rings. The Morgan fingerprint density at radius 2 is 2.19 bits per heavy atom. The fraction of sp³-hybridized carbons (Fsp3) is 0.417. The average molecular weight is 223 g/mol. The van der Waals surface area contributed by atoms with Crippen molar-refractivity contribution >= 4 is 5.91 Å². The van der Waals surface area contributed by atoms with Crippen molar-refractivity contribution in [2.75, 3.05) is 13.2 Å². The van der Waals surface area contributed by atoms with Crippen LogP contribution in [0.3, 0.4) is 0 Å². The molecular weight excluding hydrogens is 206 g/mol. The van der Waals surface area contributed by atoms with Crippen LogP contribution in [0.4, 0.5) is 0 Å². The molecule has 0 aliphatic carbocycles. The fourth-order valence-corrected chi connectivity index (χ4v) is 1.18. The molecule has 0 saturated heterocycles. The number of phenolic OH excluding ortho intramolecular Hbond substituents is 1. The maximum absolute atomic E-state index is 11.6. The zero-order valence-corrected chi connectivity index (χ0v) is 9.53. The van der Waals surface area contributed by atoms with Gasteiger partial charge in [-0.1, -0.05) is 13.0 Å². The minimum absolute atomic E-state index is 0.0306. The number of hydrogen-bond acceptors (Lipinski definition) is 3. The van der Waals surface area contributed by atoms with Gasteiger partial charge in [0.25, 0.3) is 5.91 Å². The highest BCUT2D eigenvalue weighted by molar-refractivity contribution is 5.94. The topological polar surface area (TPSA) is 69.6 Å². The van der Waals surface area contributed by atoms with E-state index in [0.717, 1.165) is 5.56 Å². The monoisotopic (exact) mass is 223 g/mol. The van der Waals surface area contributed by atoms with Gasteiger partial charge in [0.2, 0.25) is 0 Å². The first-order chi connectivity index (χ1) is 7.54. The molecule has 3 N–H and O–H groups in total. The van der Waals surface area contributed by atoms with E-state index in [1.165, 1.54) is 6.07 Å². The lowest BCUT2D eigenvalue weighted by Crippen LogP contribution is -2.29. The van der Waals surface area contributed by atoms with Crippen molar-refractivity contribution in [1.82, 2.24) is 5.32 Å². The van der Waals surface area contributed by atoms with Crippen LogP contribution in [0, 0.1) is 12.8 Å². The van der Waals surface area contributed by atoms with E-state index in [9.17, 15) is 9.90 Å². The van der Waals surface area contributed by atoms with Gasteiger partial charge in [0.05, 0.1) is 0 Å². The molecule has 0 heterocycles. The standard InChI is InChI=1S/C12H17NO3/c1-8(7-14)6-13-12(16)10-4-3-9(2)11(15)5-10/h3-5,8,14-15H,6-7H2,1-2H3,(H,13,16). The van der Waals surface area contributed by atoms with Crippen molar-refractivity contribution < 1.29 is 15.0 Å². The summed E-state index contributed by atoms with van der Waals surface area (Å²) >= 11 is 0. The Morgan fingerprint density at radius 3 is 2.75 bits per heavy atom. The molecule has 1 rings (SSSR count). The Labute approximate surface area is 94.9 Å². The highest BCUT2D eigenvalue weighted by Gasteiger charge is 2.08. The first kappa shape index (κ1) is 12.5. The zero-order valence-electron chi connectivity index (χ0n) is 9.53. The molecular formula is C12H17NO3. The van der Waals surface area contributed by atoms with Crippen LogP contribution in [-0.4, -0.2) is 29.3 Å². The molecule has 1 amide bonds. The molecule has 4 nitrogen and oxygen atoms in total. The number of aliphatic hydroxyl groups is 1. The molecule has 0 fully saturated rings. The number of aliphatic hydroxyl groups excluding tert-OH is 1. The first-order valence-electron chi connectivity index (χ1n) is 5.23. The Morgan fingerprint density at radius 1 is 1.50 bits per heavy atom. The summed E-state index contributed by atoms with van der Waals surface area (Å²) in [6.45, 7) is 4.07. The van der Waals surface area contributed by atoms with Gasteiger partial charge >= 0.3 is 0 Å². The van der Waals surface area contributed by atoms with E-state index in [0.29, 0.717) is 12.1 Å². The predicted octanol–water partition coefficient (Wildman–Crippen LogP) is 1.06. The average Bonchev–Trinajstić information content (AvgIpc) is 2.29. The lowest BCUT2D eigenvalue weighted by molar-refractivity contribution is 0.0942. The number of rotatable bonds is 4. The first-order valence-corrected chi connectivity index (χ1v) is 5.23. The van der Waals surface area contributed by atoms with E-state index in [1.54, 1.807) is 19.1 Å². The number of carbonyl (C=O) groups excluding carboxylic acids is 1. The normalized spacial score (nSPS) is 12.2. The molecule has 1 atom stereocenters. The molecule has 0 aliphatic heterocycles. The third-order valence-electron chi connectivity index (χ3n) is 2.39. The molecule has 0 bridgehead atoms. The molecule has 0 aromatic heterocycles. The second kappa shape index (κ2) is 5.51. The number of benzene rings is 1. The summed E-state index contributed by atoms with van der Waals surface area (Å²) in [5.74, 6) is -0.0959. The van der Waals surface area contributed by atoms with Gasteiger partial charge in [-0.2, -0.15) is 0 Å². The summed E-state index contributed by atoms with van der Waals surface area (Å²) in [7, 11) is 0. The van der Waals surface area contributed by atoms with Gasteiger partial charge in [0.15, 0.2) is 0 Å². The van der Waals surface area contributed by atoms with Gasteiger partial charge in [0.1, 0.15) is 5.75 Å². The van der Waals surface area contributed by atoms with Crippen LogP contribution in [0.2, 0.25) is 0 Å². The summed E-state index contributed by atoms with van der Waals surface area (Å²) in [6.07, 6.45) is 0. The number of amides is 1. The smallest absolute Gasteiger partial charge is 0.251 e. The second-order valence-corrected chi connectivity index (χ2v) is 4.00. The van der Waals surface area contributed by atoms with E-state index in [1.807, 2.05) is 6.92 Å². The third-order valence-corrected chi connectivity index (χ3v) is 2.39. The third kappa shape index (κ3) is 3.24. The maximum Gasteiger partial charge on any atom is 0.251 e. The molecule has 16 heavy (non-hydrogen) atoms. The van der Waals surface area contributed by atoms with Crippen molar-refractivity contribution in [1.29, 1.82) is 0 Å². The van der Waals surface area contributed by atoms with Gasteiger partial charge in [0, 0.05) is 18.7 Å². The highest BCUT2D eigenvalue weighted by atomic mass is 16.3. The van der Waals surface area contributed by atoms with Crippen molar-refractivity contribution in [3.63, 3.8) is 0 Å². The van der Waals surface area contributed by atoms with E-state index in [-0.39, 0.29) is 24.2 Å². The molecule has 0 aliphatic rings. The van der Waals surface area contributed by atoms with Crippen LogP contribution in [0.1, 0.15) is 22.8 Å². The Balaban J connectivity index is 2.63. The summed E-state index contributed by atoms with van der Waals surface area (Å²) in [6, 6.07) is 4.79. The Bertz CT molecular complexity index is 377. The number of hydrogen-bond donors (Lipinski definition) is 3. The molecule has 1 aromatic carbocycles. The van der Waals surface area contributed by atoms with Crippen LogP contribution < -0.4 is 5.32 Å². The summed E-state index contributed by atoms with van der Waals surface area (Å²) < 4.78 is 0. The minimum atomic E-state index is -0.240. The van der Waals surface area contributed by atoms with Gasteiger partial charge in [-0.15, -0.1) is 0 Å². The van der Waals surface area contributed by atoms with Crippen LogP contribution >= 0.6 is 0 Å². The minimum Gasteiger partial charge on any atom is -0.508 e. The van der Waals surface area contributed by atoms with Gasteiger partial charge < -0.3 is 15.5 Å². The highest BCUT2D eigenvalue weighted by Crippen LogP contribution is 2.17. The Hall–Kier alpha value is -1.55. The SMILES string of the molecule is Cc1ccc(C(=O)NCC(C)CO)cc1O. The van der Waals surface area contributed by atoms with Crippen molar-refractivity contribution in [3.8, 4) is 5.75 Å². The zero-order chi connectivity index (χ0) is 12.1. The van der Waals surface area contributed by atoms with Crippen LogP contribution in [0.15, 0.2) is 18.2 Å². The quantitative estimate of drug-likeness (QED) is 0.714. The summed E-state index contributed by atoms with van der Waals surface area (Å²) in [5.41, 5.74) is 1.16. The van der Waals surface area contributed by atoms with Gasteiger partial charge in [-0.05, 0) is 30.5 Å². The van der Waals surface area contributed by atoms with E-state index < -0.39 is 0 Å². The predicted molar refractivity (Wildman–Crippen MR) is 61.4 cm³/mol. The molecule has 4 heteroatoms.